The van der Waals surface area contributed by atoms with Crippen LogP contribution in [0.25, 0.3) is 22.6 Å². The number of hydrogen-bond donors (Lipinski definition) is 2. The standard InChI is InChI=1S/C20H21N5O4S/c1-12-18(20(26)24-15-4-6-29-11-15)25-19(23-12)17-8-13(3-5-22-17)14-7-16(10-21-9-14)30(2,27)28/h3,5,7-10,15H,4,6,11H2,1-2H3,(H,23,25)(H,24,26)/t15-/m0/s1. The van der Waals surface area contributed by atoms with Crippen LogP contribution in [0.15, 0.2) is 41.7 Å². The van der Waals surface area contributed by atoms with Gasteiger partial charge in [0.2, 0.25) is 0 Å². The third-order valence-electron chi connectivity index (χ3n) is 4.84. The van der Waals surface area contributed by atoms with Gasteiger partial charge >= 0.3 is 0 Å². The van der Waals surface area contributed by atoms with E-state index in [1.807, 2.05) is 0 Å². The molecule has 4 rings (SSSR count). The van der Waals surface area contributed by atoms with Gasteiger partial charge in [0.1, 0.15) is 11.4 Å². The van der Waals surface area contributed by atoms with Crippen molar-refractivity contribution < 1.29 is 17.9 Å². The molecule has 1 amide bonds. The van der Waals surface area contributed by atoms with Crippen LogP contribution in [0.1, 0.15) is 22.6 Å². The Balaban J connectivity index is 1.62. The molecule has 3 aromatic heterocycles. The second-order valence-electron chi connectivity index (χ2n) is 7.20. The van der Waals surface area contributed by atoms with Crippen molar-refractivity contribution in [3.8, 4) is 22.6 Å². The molecule has 1 aliphatic heterocycles. The van der Waals surface area contributed by atoms with Crippen LogP contribution in [0.5, 0.6) is 0 Å². The number of H-pyrrole nitrogens is 1. The summed E-state index contributed by atoms with van der Waals surface area (Å²) >= 11 is 0. The van der Waals surface area contributed by atoms with Crippen molar-refractivity contribution in [2.75, 3.05) is 19.5 Å². The average Bonchev–Trinajstić information content (AvgIpc) is 3.37. The Morgan fingerprint density at radius 2 is 2.10 bits per heavy atom. The Kier molecular flexibility index (Phi) is 5.35. The van der Waals surface area contributed by atoms with Crippen LogP contribution in [0.4, 0.5) is 0 Å². The van der Waals surface area contributed by atoms with Crippen LogP contribution in [0.2, 0.25) is 0 Å². The molecule has 10 heteroatoms. The highest BCUT2D eigenvalue weighted by Gasteiger charge is 2.22. The van der Waals surface area contributed by atoms with Gasteiger partial charge in [-0.2, -0.15) is 0 Å². The largest absolute Gasteiger partial charge is 0.379 e. The van der Waals surface area contributed by atoms with E-state index < -0.39 is 9.84 Å². The van der Waals surface area contributed by atoms with Crippen LogP contribution < -0.4 is 5.32 Å². The number of aromatic amines is 1. The first-order valence-corrected chi connectivity index (χ1v) is 11.3. The summed E-state index contributed by atoms with van der Waals surface area (Å²) in [6, 6.07) is 5.09. The number of nitrogens with zero attached hydrogens (tertiary/aromatic N) is 3. The van der Waals surface area contributed by atoms with Crippen LogP contribution >= 0.6 is 0 Å². The number of sulfone groups is 1. The third-order valence-corrected chi connectivity index (χ3v) is 5.92. The summed E-state index contributed by atoms with van der Waals surface area (Å²) < 4.78 is 28.9. The minimum atomic E-state index is -3.37. The van der Waals surface area contributed by atoms with Crippen molar-refractivity contribution in [3.63, 3.8) is 0 Å². The summed E-state index contributed by atoms with van der Waals surface area (Å²) in [5.74, 6) is 0.195. The highest BCUT2D eigenvalue weighted by molar-refractivity contribution is 7.90. The van der Waals surface area contributed by atoms with Gasteiger partial charge in [0.25, 0.3) is 5.91 Å². The highest BCUT2D eigenvalue weighted by atomic mass is 32.2. The number of rotatable bonds is 5. The number of imidazole rings is 1. The molecule has 0 spiro atoms. The zero-order valence-corrected chi connectivity index (χ0v) is 17.4. The van der Waals surface area contributed by atoms with Gasteiger partial charge in [-0.25, -0.2) is 13.4 Å². The van der Waals surface area contributed by atoms with E-state index in [0.717, 1.165) is 18.2 Å². The number of hydrogen-bond acceptors (Lipinski definition) is 7. The molecule has 0 unspecified atom stereocenters. The number of aromatic nitrogens is 4. The molecule has 9 nitrogen and oxygen atoms in total. The topological polar surface area (TPSA) is 127 Å². The van der Waals surface area contributed by atoms with Crippen LogP contribution in [0, 0.1) is 6.92 Å². The average molecular weight is 427 g/mol. The van der Waals surface area contributed by atoms with E-state index in [9.17, 15) is 13.2 Å². The molecule has 30 heavy (non-hydrogen) atoms. The Hall–Kier alpha value is -3.11. The lowest BCUT2D eigenvalue weighted by atomic mass is 10.1. The second-order valence-corrected chi connectivity index (χ2v) is 9.22. The predicted molar refractivity (Wildman–Crippen MR) is 110 cm³/mol. The molecule has 1 atom stereocenters. The fourth-order valence-electron chi connectivity index (χ4n) is 3.22. The number of pyridine rings is 2. The van der Waals surface area contributed by atoms with Crippen LogP contribution in [-0.4, -0.2) is 59.8 Å². The smallest absolute Gasteiger partial charge is 0.272 e. The van der Waals surface area contributed by atoms with Gasteiger partial charge in [0.15, 0.2) is 15.7 Å². The van der Waals surface area contributed by atoms with E-state index in [-0.39, 0.29) is 16.8 Å². The number of carbonyl (C=O) groups is 1. The van der Waals surface area contributed by atoms with E-state index in [2.05, 4.69) is 25.3 Å². The second kappa shape index (κ2) is 7.96. The first-order valence-electron chi connectivity index (χ1n) is 9.38. The quantitative estimate of drug-likeness (QED) is 0.635. The van der Waals surface area contributed by atoms with E-state index >= 15 is 0 Å². The zero-order chi connectivity index (χ0) is 21.3. The fraction of sp³-hybridized carbons (Fsp3) is 0.300. The molecular formula is C20H21N5O4S. The summed E-state index contributed by atoms with van der Waals surface area (Å²) in [4.78, 5) is 28.6. The van der Waals surface area contributed by atoms with Gasteiger partial charge in [-0.15, -0.1) is 0 Å². The number of ether oxygens (including phenoxy) is 1. The molecule has 0 bridgehead atoms. The van der Waals surface area contributed by atoms with Gasteiger partial charge in [-0.05, 0) is 37.1 Å². The van der Waals surface area contributed by atoms with Crippen molar-refractivity contribution in [2.45, 2.75) is 24.3 Å². The minimum absolute atomic E-state index is 0.00637. The van der Waals surface area contributed by atoms with Crippen molar-refractivity contribution in [1.29, 1.82) is 0 Å². The first-order chi connectivity index (χ1) is 14.3. The lowest BCUT2D eigenvalue weighted by molar-refractivity contribution is 0.0924. The summed E-state index contributed by atoms with van der Waals surface area (Å²) in [5, 5.41) is 2.93. The fourth-order valence-corrected chi connectivity index (χ4v) is 3.82. The summed E-state index contributed by atoms with van der Waals surface area (Å²) in [5.41, 5.74) is 2.85. The van der Waals surface area contributed by atoms with Gasteiger partial charge < -0.3 is 15.0 Å². The van der Waals surface area contributed by atoms with Gasteiger partial charge in [-0.1, -0.05) is 0 Å². The van der Waals surface area contributed by atoms with Crippen molar-refractivity contribution in [2.24, 2.45) is 0 Å². The summed E-state index contributed by atoms with van der Waals surface area (Å²) in [6.07, 6.45) is 6.43. The lowest BCUT2D eigenvalue weighted by Crippen LogP contribution is -2.35. The Labute approximate surface area is 173 Å². The normalized spacial score (nSPS) is 16.5. The molecule has 2 N–H and O–H groups in total. The van der Waals surface area contributed by atoms with E-state index in [4.69, 9.17) is 4.74 Å². The number of carbonyl (C=O) groups excluding carboxylic acids is 1. The minimum Gasteiger partial charge on any atom is -0.379 e. The monoisotopic (exact) mass is 427 g/mol. The van der Waals surface area contributed by atoms with E-state index in [1.165, 1.54) is 6.20 Å². The van der Waals surface area contributed by atoms with Crippen LogP contribution in [-0.2, 0) is 14.6 Å². The zero-order valence-electron chi connectivity index (χ0n) is 16.5. The molecule has 1 fully saturated rings. The number of nitrogens with one attached hydrogen (secondary N) is 2. The number of aryl methyl sites for hydroxylation is 1. The van der Waals surface area contributed by atoms with Gasteiger partial charge in [0, 0.05) is 42.7 Å². The van der Waals surface area contributed by atoms with E-state index in [0.29, 0.717) is 41.7 Å². The molecular weight excluding hydrogens is 406 g/mol. The molecule has 1 saturated heterocycles. The molecule has 4 heterocycles. The van der Waals surface area contributed by atoms with Gasteiger partial charge in [0.05, 0.1) is 17.5 Å². The maximum atomic E-state index is 12.6. The van der Waals surface area contributed by atoms with Crippen molar-refractivity contribution in [1.82, 2.24) is 25.3 Å². The first kappa shape index (κ1) is 20.2. The molecule has 156 valence electrons. The summed E-state index contributed by atoms with van der Waals surface area (Å²) in [7, 11) is -3.37. The van der Waals surface area contributed by atoms with Crippen LogP contribution in [0.3, 0.4) is 0 Å². The molecule has 0 aromatic carbocycles. The summed E-state index contributed by atoms with van der Waals surface area (Å²) in [6.45, 7) is 2.92. The predicted octanol–water partition coefficient (Wildman–Crippen LogP) is 1.76. The highest BCUT2D eigenvalue weighted by Crippen LogP contribution is 2.25. The van der Waals surface area contributed by atoms with Crippen molar-refractivity contribution >= 4 is 15.7 Å². The van der Waals surface area contributed by atoms with E-state index in [1.54, 1.807) is 37.5 Å². The SMILES string of the molecule is Cc1[nH]c(-c2cc(-c3cncc(S(C)(=O)=O)c3)ccn2)nc1C(=O)N[C@H]1CCOC1. The number of amides is 1. The van der Waals surface area contributed by atoms with Crippen molar-refractivity contribution in [3.05, 3.63) is 48.2 Å². The molecule has 0 radical (unpaired) electrons. The Morgan fingerprint density at radius 1 is 1.27 bits per heavy atom. The molecule has 0 aliphatic carbocycles. The maximum Gasteiger partial charge on any atom is 0.272 e. The molecule has 1 aliphatic rings. The van der Waals surface area contributed by atoms with Gasteiger partial charge in [-0.3, -0.25) is 14.8 Å². The molecule has 3 aromatic rings. The Bertz CT molecular complexity index is 1200. The molecule has 0 saturated carbocycles. The maximum absolute atomic E-state index is 12.6. The third kappa shape index (κ3) is 4.24. The lowest BCUT2D eigenvalue weighted by Gasteiger charge is -2.09. The Morgan fingerprint density at radius 3 is 2.83 bits per heavy atom.